The van der Waals surface area contributed by atoms with Crippen LogP contribution in [0.5, 0.6) is 0 Å². The summed E-state index contributed by atoms with van der Waals surface area (Å²) in [5.41, 5.74) is 2.29. The minimum atomic E-state index is -3.58. The number of hydrogen-bond acceptors (Lipinski definition) is 4. The van der Waals surface area contributed by atoms with Crippen molar-refractivity contribution >= 4 is 10.0 Å². The Morgan fingerprint density at radius 3 is 2.48 bits per heavy atom. The molecule has 1 aromatic carbocycles. The van der Waals surface area contributed by atoms with Crippen LogP contribution in [0.15, 0.2) is 33.6 Å². The van der Waals surface area contributed by atoms with Gasteiger partial charge in [0.25, 0.3) is 0 Å². The number of aliphatic hydroxyl groups is 1. The lowest BCUT2D eigenvalue weighted by Crippen LogP contribution is -2.26. The molecule has 0 saturated heterocycles. The molecule has 0 bridgehead atoms. The van der Waals surface area contributed by atoms with E-state index in [9.17, 15) is 13.5 Å². The van der Waals surface area contributed by atoms with Crippen LogP contribution in [-0.2, 0) is 10.0 Å². The maximum atomic E-state index is 12.4. The Balaban J connectivity index is 2.02. The molecule has 0 aliphatic rings. The Morgan fingerprint density at radius 2 is 1.87 bits per heavy atom. The molecule has 23 heavy (non-hydrogen) atoms. The average molecular weight is 337 g/mol. The van der Waals surface area contributed by atoms with E-state index in [0.29, 0.717) is 16.9 Å². The fourth-order valence-electron chi connectivity index (χ4n) is 2.54. The summed E-state index contributed by atoms with van der Waals surface area (Å²) in [4.78, 5) is 0.280. The summed E-state index contributed by atoms with van der Waals surface area (Å²) in [7, 11) is -3.58. The summed E-state index contributed by atoms with van der Waals surface area (Å²) in [5.74, 6) is 1.39. The summed E-state index contributed by atoms with van der Waals surface area (Å²) < 4.78 is 32.7. The Kier molecular flexibility index (Phi) is 5.29. The van der Waals surface area contributed by atoms with Crippen LogP contribution in [0.1, 0.15) is 40.7 Å². The van der Waals surface area contributed by atoms with Crippen LogP contribution < -0.4 is 4.72 Å². The predicted octanol–water partition coefficient (Wildman–Crippen LogP) is 2.92. The summed E-state index contributed by atoms with van der Waals surface area (Å²) in [5, 5.41) is 10.2. The van der Waals surface area contributed by atoms with Crippen molar-refractivity contribution in [3.05, 3.63) is 52.5 Å². The largest absolute Gasteiger partial charge is 0.466 e. The molecular formula is C17H23NO4S. The van der Waals surface area contributed by atoms with Gasteiger partial charge in [-0.3, -0.25) is 0 Å². The van der Waals surface area contributed by atoms with E-state index < -0.39 is 16.1 Å². The molecular weight excluding hydrogens is 314 g/mol. The van der Waals surface area contributed by atoms with Gasteiger partial charge in [-0.1, -0.05) is 12.1 Å². The number of aliphatic hydroxyl groups excluding tert-OH is 1. The van der Waals surface area contributed by atoms with Gasteiger partial charge >= 0.3 is 0 Å². The second-order valence-electron chi connectivity index (χ2n) is 5.84. The third kappa shape index (κ3) is 4.22. The molecule has 0 fully saturated rings. The molecule has 0 aliphatic carbocycles. The molecule has 0 spiro atoms. The van der Waals surface area contributed by atoms with E-state index in [2.05, 4.69) is 4.72 Å². The molecule has 0 amide bonds. The Morgan fingerprint density at radius 1 is 1.17 bits per heavy atom. The lowest BCUT2D eigenvalue weighted by Gasteiger charge is -2.12. The third-order valence-electron chi connectivity index (χ3n) is 3.78. The number of furan rings is 1. The average Bonchev–Trinajstić information content (AvgIpc) is 2.80. The number of aryl methyl sites for hydroxylation is 4. The molecule has 1 unspecified atom stereocenters. The van der Waals surface area contributed by atoms with Crippen LogP contribution in [0.2, 0.25) is 0 Å². The predicted molar refractivity (Wildman–Crippen MR) is 88.9 cm³/mol. The van der Waals surface area contributed by atoms with Crippen molar-refractivity contribution in [1.82, 2.24) is 4.72 Å². The third-order valence-corrected chi connectivity index (χ3v) is 5.38. The molecule has 5 nitrogen and oxygen atoms in total. The summed E-state index contributed by atoms with van der Waals surface area (Å²) in [6, 6.07) is 7.09. The van der Waals surface area contributed by atoms with Gasteiger partial charge in [0.1, 0.15) is 11.5 Å². The number of nitrogens with one attached hydrogen (secondary N) is 1. The van der Waals surface area contributed by atoms with E-state index in [1.807, 2.05) is 19.9 Å². The second kappa shape index (κ2) is 6.86. The van der Waals surface area contributed by atoms with Crippen LogP contribution in [0.4, 0.5) is 0 Å². The molecule has 1 aromatic heterocycles. The molecule has 0 radical (unpaired) electrons. The number of benzene rings is 1. The highest BCUT2D eigenvalue weighted by atomic mass is 32.2. The van der Waals surface area contributed by atoms with Gasteiger partial charge in [0.05, 0.1) is 11.0 Å². The van der Waals surface area contributed by atoms with Crippen LogP contribution in [0, 0.1) is 27.7 Å². The molecule has 0 saturated carbocycles. The molecule has 2 N–H and O–H groups in total. The van der Waals surface area contributed by atoms with E-state index in [1.54, 1.807) is 32.0 Å². The van der Waals surface area contributed by atoms with Crippen molar-refractivity contribution in [2.24, 2.45) is 0 Å². The number of rotatable bonds is 6. The summed E-state index contributed by atoms with van der Waals surface area (Å²) >= 11 is 0. The van der Waals surface area contributed by atoms with Crippen molar-refractivity contribution in [2.75, 3.05) is 6.54 Å². The molecule has 0 aliphatic heterocycles. The van der Waals surface area contributed by atoms with Gasteiger partial charge in [0, 0.05) is 12.1 Å². The van der Waals surface area contributed by atoms with Gasteiger partial charge in [-0.15, -0.1) is 0 Å². The molecule has 2 aromatic rings. The van der Waals surface area contributed by atoms with Gasteiger partial charge in [-0.2, -0.15) is 0 Å². The maximum absolute atomic E-state index is 12.4. The zero-order valence-electron chi connectivity index (χ0n) is 13.9. The van der Waals surface area contributed by atoms with Gasteiger partial charge in [0.15, 0.2) is 0 Å². The van der Waals surface area contributed by atoms with Crippen molar-refractivity contribution in [1.29, 1.82) is 0 Å². The van der Waals surface area contributed by atoms with E-state index in [-0.39, 0.29) is 17.9 Å². The number of sulfonamides is 1. The monoisotopic (exact) mass is 337 g/mol. The highest BCUT2D eigenvalue weighted by molar-refractivity contribution is 7.89. The van der Waals surface area contributed by atoms with E-state index in [1.165, 1.54) is 0 Å². The summed E-state index contributed by atoms with van der Waals surface area (Å²) in [6.45, 7) is 7.37. The molecule has 2 rings (SSSR count). The topological polar surface area (TPSA) is 79.5 Å². The second-order valence-corrected chi connectivity index (χ2v) is 7.58. The summed E-state index contributed by atoms with van der Waals surface area (Å²) in [6.07, 6.45) is -0.474. The Labute approximate surface area is 137 Å². The van der Waals surface area contributed by atoms with Gasteiger partial charge in [-0.05, 0) is 57.4 Å². The first kappa shape index (κ1) is 17.7. The van der Waals surface area contributed by atoms with Crippen LogP contribution in [0.25, 0.3) is 0 Å². The molecule has 6 heteroatoms. The zero-order chi connectivity index (χ0) is 17.2. The van der Waals surface area contributed by atoms with E-state index in [0.717, 1.165) is 11.3 Å². The van der Waals surface area contributed by atoms with Gasteiger partial charge in [0.2, 0.25) is 10.0 Å². The molecule has 126 valence electrons. The minimum absolute atomic E-state index is 0.153. The van der Waals surface area contributed by atoms with Gasteiger partial charge < -0.3 is 9.52 Å². The standard InChI is InChI=1S/C17H23NO4S/c1-11-5-6-12(2)17(9-11)23(20,21)18-8-7-16(19)15-10-13(3)22-14(15)4/h5-6,9-10,16,18-19H,7-8H2,1-4H3. The van der Waals surface area contributed by atoms with E-state index >= 15 is 0 Å². The lowest BCUT2D eigenvalue weighted by atomic mass is 10.1. The fraction of sp³-hybridized carbons (Fsp3) is 0.412. The number of hydrogen-bond donors (Lipinski definition) is 2. The zero-order valence-corrected chi connectivity index (χ0v) is 14.7. The first-order valence-corrected chi connectivity index (χ1v) is 9.01. The quantitative estimate of drug-likeness (QED) is 0.849. The van der Waals surface area contributed by atoms with E-state index in [4.69, 9.17) is 4.42 Å². The normalized spacial score (nSPS) is 13.3. The van der Waals surface area contributed by atoms with Crippen LogP contribution in [0.3, 0.4) is 0 Å². The first-order valence-electron chi connectivity index (χ1n) is 7.52. The minimum Gasteiger partial charge on any atom is -0.466 e. The van der Waals surface area contributed by atoms with Crippen LogP contribution in [-0.4, -0.2) is 20.1 Å². The van der Waals surface area contributed by atoms with Gasteiger partial charge in [-0.25, -0.2) is 13.1 Å². The Bertz CT molecular complexity index is 793. The molecule has 1 atom stereocenters. The van der Waals surface area contributed by atoms with Crippen molar-refractivity contribution in [3.63, 3.8) is 0 Å². The van der Waals surface area contributed by atoms with Crippen LogP contribution >= 0.6 is 0 Å². The maximum Gasteiger partial charge on any atom is 0.240 e. The first-order chi connectivity index (χ1) is 10.7. The smallest absolute Gasteiger partial charge is 0.240 e. The SMILES string of the molecule is Cc1ccc(C)c(S(=O)(=O)NCCC(O)c2cc(C)oc2C)c1. The van der Waals surface area contributed by atoms with Crippen molar-refractivity contribution in [3.8, 4) is 0 Å². The fourth-order valence-corrected chi connectivity index (χ4v) is 3.92. The molecule has 1 heterocycles. The van der Waals surface area contributed by atoms with Crippen molar-refractivity contribution in [2.45, 2.75) is 45.1 Å². The Hall–Kier alpha value is -1.63. The lowest BCUT2D eigenvalue weighted by molar-refractivity contribution is 0.167. The van der Waals surface area contributed by atoms with Crippen molar-refractivity contribution < 1.29 is 17.9 Å². The highest BCUT2D eigenvalue weighted by Gasteiger charge is 2.19. The highest BCUT2D eigenvalue weighted by Crippen LogP contribution is 2.24.